The quantitative estimate of drug-likeness (QED) is 0.513. The van der Waals surface area contributed by atoms with Gasteiger partial charge in [-0.1, -0.05) is 74.3 Å². The van der Waals surface area contributed by atoms with Crippen LogP contribution in [0.1, 0.15) is 81.3 Å². The Bertz CT molecular complexity index is 1000. The van der Waals surface area contributed by atoms with Crippen molar-refractivity contribution < 1.29 is 4.79 Å². The molecule has 1 aromatic heterocycles. The number of nitrogens with one attached hydrogen (secondary N) is 1. The summed E-state index contributed by atoms with van der Waals surface area (Å²) in [6.07, 6.45) is 10.1. The Morgan fingerprint density at radius 2 is 1.67 bits per heavy atom. The fourth-order valence-corrected chi connectivity index (χ4v) is 7.17. The van der Waals surface area contributed by atoms with Gasteiger partial charge < -0.3 is 5.32 Å². The molecular weight excluding hydrogens is 453 g/mol. The van der Waals surface area contributed by atoms with Crippen molar-refractivity contribution in [3.63, 3.8) is 0 Å². The minimum absolute atomic E-state index is 0.0683. The summed E-state index contributed by atoms with van der Waals surface area (Å²) in [5.41, 5.74) is 1.73. The summed E-state index contributed by atoms with van der Waals surface area (Å²) < 4.78 is 0. The molecule has 3 heterocycles. The third-order valence-corrected chi connectivity index (χ3v) is 9.06. The Kier molecular flexibility index (Phi) is 5.99. The van der Waals surface area contributed by atoms with Crippen LogP contribution in [-0.4, -0.2) is 33.4 Å². The van der Waals surface area contributed by atoms with Crippen LogP contribution in [0.15, 0.2) is 42.7 Å². The fourth-order valence-electron chi connectivity index (χ4n) is 6.63. The van der Waals surface area contributed by atoms with Crippen LogP contribution in [0.3, 0.4) is 0 Å². The molecule has 2 aromatic rings. The number of pyridine rings is 1. The fraction of sp³-hybridized carbons (Fsp3) is 0.556. The number of benzene rings is 1. The molecule has 1 N–H and O–H groups in total. The maximum atomic E-state index is 13.5. The van der Waals surface area contributed by atoms with Crippen molar-refractivity contribution in [2.45, 2.75) is 83.0 Å². The first kappa shape index (κ1) is 23.1. The molecule has 1 atom stereocenters. The lowest BCUT2D eigenvalue weighted by molar-refractivity contribution is -0.0298. The van der Waals surface area contributed by atoms with E-state index in [1.807, 2.05) is 6.07 Å². The average Bonchev–Trinajstić information content (AvgIpc) is 3.26. The van der Waals surface area contributed by atoms with Gasteiger partial charge in [-0.25, -0.2) is 0 Å². The molecular formula is C27H33Cl2N3O. The lowest BCUT2D eigenvalue weighted by atomic mass is 9.64. The van der Waals surface area contributed by atoms with Crippen LogP contribution in [0.25, 0.3) is 0 Å². The van der Waals surface area contributed by atoms with E-state index in [0.717, 1.165) is 24.3 Å². The van der Waals surface area contributed by atoms with Gasteiger partial charge >= 0.3 is 0 Å². The summed E-state index contributed by atoms with van der Waals surface area (Å²) in [6.45, 7) is 7.08. The molecule has 4 nitrogen and oxygen atoms in total. The zero-order chi connectivity index (χ0) is 23.4. The van der Waals surface area contributed by atoms with Gasteiger partial charge in [-0.2, -0.15) is 0 Å². The second-order valence-corrected chi connectivity index (χ2v) is 12.0. The Morgan fingerprint density at radius 1 is 1.06 bits per heavy atom. The molecule has 0 spiro atoms. The number of fused-ring (bicyclic) bond motifs is 2. The molecule has 2 saturated heterocycles. The second-order valence-electron chi connectivity index (χ2n) is 11.2. The number of rotatable bonds is 5. The van der Waals surface area contributed by atoms with Crippen molar-refractivity contribution in [3.8, 4) is 0 Å². The van der Waals surface area contributed by atoms with E-state index in [1.165, 1.54) is 38.1 Å². The van der Waals surface area contributed by atoms with E-state index in [1.54, 1.807) is 0 Å². The molecule has 6 heteroatoms. The summed E-state index contributed by atoms with van der Waals surface area (Å²) >= 11 is 12.7. The predicted molar refractivity (Wildman–Crippen MR) is 134 cm³/mol. The van der Waals surface area contributed by atoms with Gasteiger partial charge in [0.05, 0.1) is 21.7 Å². The van der Waals surface area contributed by atoms with Gasteiger partial charge in [-0.15, -0.1) is 0 Å². The second kappa shape index (κ2) is 8.55. The van der Waals surface area contributed by atoms with Crippen molar-refractivity contribution >= 4 is 29.1 Å². The van der Waals surface area contributed by atoms with E-state index < -0.39 is 0 Å². The molecule has 1 saturated carbocycles. The van der Waals surface area contributed by atoms with E-state index in [9.17, 15) is 4.79 Å². The average molecular weight is 486 g/mol. The summed E-state index contributed by atoms with van der Waals surface area (Å²) in [4.78, 5) is 20.3. The number of amides is 1. The van der Waals surface area contributed by atoms with Crippen molar-refractivity contribution in [1.29, 1.82) is 0 Å². The van der Waals surface area contributed by atoms with Crippen LogP contribution in [0.5, 0.6) is 0 Å². The van der Waals surface area contributed by atoms with Gasteiger partial charge in [0.2, 0.25) is 0 Å². The lowest BCUT2D eigenvalue weighted by Gasteiger charge is -2.53. The zero-order valence-corrected chi connectivity index (χ0v) is 21.2. The van der Waals surface area contributed by atoms with Crippen molar-refractivity contribution in [1.82, 2.24) is 15.2 Å². The lowest BCUT2D eigenvalue weighted by Crippen LogP contribution is -2.59. The van der Waals surface area contributed by atoms with Gasteiger partial charge in [0, 0.05) is 30.0 Å². The normalized spacial score (nSPS) is 30.2. The summed E-state index contributed by atoms with van der Waals surface area (Å²) in [7, 11) is 0. The van der Waals surface area contributed by atoms with Crippen LogP contribution in [-0.2, 0) is 0 Å². The molecule has 176 valence electrons. The SMILES string of the molecule is CC(C)(C)C1CC(N2C3CCC2(C(NC(=O)c2c(Cl)cncc2Cl)c2ccccc2)CC3)C1. The monoisotopic (exact) mass is 485 g/mol. The van der Waals surface area contributed by atoms with Gasteiger partial charge in [-0.3, -0.25) is 14.7 Å². The first-order valence-electron chi connectivity index (χ1n) is 12.1. The van der Waals surface area contributed by atoms with Gasteiger partial charge in [0.25, 0.3) is 5.91 Å². The van der Waals surface area contributed by atoms with Crippen LogP contribution in [0, 0.1) is 11.3 Å². The highest BCUT2D eigenvalue weighted by molar-refractivity contribution is 6.39. The van der Waals surface area contributed by atoms with Crippen LogP contribution in [0.2, 0.25) is 10.0 Å². The molecule has 1 aromatic carbocycles. The first-order chi connectivity index (χ1) is 15.7. The van der Waals surface area contributed by atoms with Gasteiger partial charge in [-0.05, 0) is 55.4 Å². The van der Waals surface area contributed by atoms with E-state index in [-0.39, 0.29) is 27.5 Å². The van der Waals surface area contributed by atoms with Crippen molar-refractivity contribution in [2.24, 2.45) is 11.3 Å². The summed E-state index contributed by atoms with van der Waals surface area (Å²) in [6, 6.07) is 11.5. The molecule has 1 unspecified atom stereocenters. The minimum Gasteiger partial charge on any atom is -0.343 e. The van der Waals surface area contributed by atoms with Crippen molar-refractivity contribution in [3.05, 3.63) is 63.9 Å². The minimum atomic E-state index is -0.230. The van der Waals surface area contributed by atoms with Crippen LogP contribution in [0.4, 0.5) is 0 Å². The first-order valence-corrected chi connectivity index (χ1v) is 12.9. The molecule has 1 amide bonds. The van der Waals surface area contributed by atoms with Crippen molar-refractivity contribution in [2.75, 3.05) is 0 Å². The number of halogens is 2. The Balaban J connectivity index is 1.48. The molecule has 0 radical (unpaired) electrons. The highest BCUT2D eigenvalue weighted by Gasteiger charge is 2.60. The number of hydrogen-bond donors (Lipinski definition) is 1. The number of nitrogens with zero attached hydrogens (tertiary/aromatic N) is 2. The Morgan fingerprint density at radius 3 is 2.24 bits per heavy atom. The smallest absolute Gasteiger partial charge is 0.254 e. The third-order valence-electron chi connectivity index (χ3n) is 8.49. The highest BCUT2D eigenvalue weighted by Crippen LogP contribution is 2.58. The molecule has 3 fully saturated rings. The van der Waals surface area contributed by atoms with E-state index in [2.05, 4.69) is 60.2 Å². The summed E-state index contributed by atoms with van der Waals surface area (Å²) in [5.74, 6) is 0.533. The van der Waals surface area contributed by atoms with Crippen LogP contribution < -0.4 is 5.32 Å². The topological polar surface area (TPSA) is 45.2 Å². The molecule has 2 bridgehead atoms. The maximum Gasteiger partial charge on any atom is 0.254 e. The Hall–Kier alpha value is -1.62. The van der Waals surface area contributed by atoms with E-state index >= 15 is 0 Å². The van der Waals surface area contributed by atoms with Gasteiger partial charge in [0.1, 0.15) is 0 Å². The number of carbonyl (C=O) groups excluding carboxylic acids is 1. The number of carbonyl (C=O) groups is 1. The number of hydrogen-bond acceptors (Lipinski definition) is 3. The molecule has 1 aliphatic carbocycles. The third kappa shape index (κ3) is 3.98. The molecule has 5 rings (SSSR count). The maximum absolute atomic E-state index is 13.5. The van der Waals surface area contributed by atoms with Gasteiger partial charge in [0.15, 0.2) is 0 Å². The Labute approximate surface area is 207 Å². The molecule has 2 aliphatic heterocycles. The van der Waals surface area contributed by atoms with E-state index in [0.29, 0.717) is 23.1 Å². The standard InChI is InChI=1S/C27H33Cl2N3O/c1-26(2,3)18-13-20(14-18)32-19-9-11-27(32,12-10-19)24(17-7-5-4-6-8-17)31-25(33)23-21(28)15-30-16-22(23)29/h4-8,15-16,18-20,24H,9-14H2,1-3H3,(H,31,33). The molecule has 33 heavy (non-hydrogen) atoms. The zero-order valence-electron chi connectivity index (χ0n) is 19.7. The predicted octanol–water partition coefficient (Wildman–Crippen LogP) is 6.68. The largest absolute Gasteiger partial charge is 0.343 e. The molecule has 3 aliphatic rings. The summed E-state index contributed by atoms with van der Waals surface area (Å²) in [5, 5.41) is 3.95. The van der Waals surface area contributed by atoms with E-state index in [4.69, 9.17) is 23.2 Å². The van der Waals surface area contributed by atoms with Crippen LogP contribution >= 0.6 is 23.2 Å². The number of aromatic nitrogens is 1. The highest BCUT2D eigenvalue weighted by atomic mass is 35.5.